The van der Waals surface area contributed by atoms with E-state index in [-0.39, 0.29) is 24.6 Å². The van der Waals surface area contributed by atoms with Crippen LogP contribution in [0.3, 0.4) is 0 Å². The minimum absolute atomic E-state index is 0.130. The Kier molecular flexibility index (Phi) is 4.43. The van der Waals surface area contributed by atoms with Gasteiger partial charge in [0, 0.05) is 6.07 Å². The Balaban J connectivity index is 1.81. The molecule has 3 N–H and O–H groups in total. The molecule has 0 unspecified atom stereocenters. The smallest absolute Gasteiger partial charge is 0.264 e. The van der Waals surface area contributed by atoms with Gasteiger partial charge in [0.25, 0.3) is 11.5 Å². The Morgan fingerprint density at radius 1 is 1.25 bits per heavy atom. The largest absolute Gasteiger partial charge is 0.493 e. The molecule has 0 saturated heterocycles. The van der Waals surface area contributed by atoms with Gasteiger partial charge >= 0.3 is 0 Å². The molecule has 0 atom stereocenters. The number of para-hydroxylation sites is 2. The summed E-state index contributed by atoms with van der Waals surface area (Å²) < 4.78 is 10.5. The molecular weight excluding hydrogens is 262 g/mol. The normalized spacial score (nSPS) is 10.1. The number of aromatic amines is 2. The van der Waals surface area contributed by atoms with Gasteiger partial charge in [-0.25, -0.2) is 0 Å². The summed E-state index contributed by atoms with van der Waals surface area (Å²) in [6.45, 7) is 0.0991. The lowest BCUT2D eigenvalue weighted by Gasteiger charge is -2.10. The molecule has 7 nitrogen and oxygen atoms in total. The second-order valence-corrected chi connectivity index (χ2v) is 4.00. The predicted molar refractivity (Wildman–Crippen MR) is 71.7 cm³/mol. The molecule has 1 heterocycles. The molecule has 1 amide bonds. The van der Waals surface area contributed by atoms with E-state index in [1.54, 1.807) is 18.2 Å². The molecule has 2 aromatic rings. The van der Waals surface area contributed by atoms with Crippen LogP contribution in [0.5, 0.6) is 11.5 Å². The topological polar surface area (TPSA) is 96.2 Å². The number of carbonyl (C=O) groups excluding carboxylic acids is 1. The van der Waals surface area contributed by atoms with Crippen LogP contribution in [0.25, 0.3) is 0 Å². The van der Waals surface area contributed by atoms with E-state index in [4.69, 9.17) is 9.47 Å². The van der Waals surface area contributed by atoms with Gasteiger partial charge in [-0.2, -0.15) is 0 Å². The molecule has 0 aliphatic heterocycles. The van der Waals surface area contributed by atoms with Crippen LogP contribution >= 0.6 is 0 Å². The van der Waals surface area contributed by atoms with Crippen molar-refractivity contribution in [1.82, 2.24) is 15.5 Å². The van der Waals surface area contributed by atoms with E-state index in [2.05, 4.69) is 15.5 Å². The number of aromatic nitrogens is 2. The minimum atomic E-state index is -0.294. The van der Waals surface area contributed by atoms with Crippen LogP contribution in [0.1, 0.15) is 5.69 Å². The lowest BCUT2D eigenvalue weighted by Crippen LogP contribution is -2.28. The number of rotatable bonds is 6. The number of ether oxygens (including phenoxy) is 2. The fourth-order valence-electron chi connectivity index (χ4n) is 1.59. The highest BCUT2D eigenvalue weighted by Crippen LogP contribution is 2.25. The van der Waals surface area contributed by atoms with E-state index < -0.39 is 0 Å². The Morgan fingerprint density at radius 3 is 2.65 bits per heavy atom. The van der Waals surface area contributed by atoms with E-state index in [1.165, 1.54) is 13.2 Å². The summed E-state index contributed by atoms with van der Waals surface area (Å²) in [7, 11) is 1.53. The van der Waals surface area contributed by atoms with Gasteiger partial charge < -0.3 is 19.9 Å². The second kappa shape index (κ2) is 6.46. The molecule has 0 radical (unpaired) electrons. The summed E-state index contributed by atoms with van der Waals surface area (Å²) in [6, 6.07) is 8.45. The van der Waals surface area contributed by atoms with E-state index in [1.807, 2.05) is 6.07 Å². The lowest BCUT2D eigenvalue weighted by atomic mass is 10.3. The fourth-order valence-corrected chi connectivity index (χ4v) is 1.59. The van der Waals surface area contributed by atoms with Gasteiger partial charge in [0.15, 0.2) is 18.1 Å². The number of hydrogen-bond acceptors (Lipinski definition) is 4. The van der Waals surface area contributed by atoms with Gasteiger partial charge in [0.1, 0.15) is 0 Å². The maximum Gasteiger partial charge on any atom is 0.264 e. The van der Waals surface area contributed by atoms with Gasteiger partial charge in [0.05, 0.1) is 19.3 Å². The van der Waals surface area contributed by atoms with Crippen LogP contribution in [-0.2, 0) is 11.3 Å². The highest BCUT2D eigenvalue weighted by atomic mass is 16.5. The third kappa shape index (κ3) is 3.64. The average molecular weight is 277 g/mol. The van der Waals surface area contributed by atoms with E-state index in [9.17, 15) is 9.59 Å². The summed E-state index contributed by atoms with van der Waals surface area (Å²) in [5.41, 5.74) is 0.361. The predicted octanol–water partition coefficient (Wildman–Crippen LogP) is 0.407. The van der Waals surface area contributed by atoms with Crippen LogP contribution in [0, 0.1) is 0 Å². The van der Waals surface area contributed by atoms with Crippen LogP contribution < -0.4 is 20.3 Å². The number of nitrogens with one attached hydrogen (secondary N) is 3. The number of benzene rings is 1. The van der Waals surface area contributed by atoms with Gasteiger partial charge in [-0.15, -0.1) is 0 Å². The first kappa shape index (κ1) is 13.7. The molecule has 0 spiro atoms. The minimum Gasteiger partial charge on any atom is -0.493 e. The molecular formula is C13H15N3O4. The van der Waals surface area contributed by atoms with Crippen molar-refractivity contribution < 1.29 is 14.3 Å². The molecule has 0 saturated carbocycles. The Labute approximate surface area is 114 Å². The zero-order chi connectivity index (χ0) is 14.4. The van der Waals surface area contributed by atoms with Crippen LogP contribution in [0.2, 0.25) is 0 Å². The highest BCUT2D eigenvalue weighted by molar-refractivity contribution is 5.77. The summed E-state index contributed by atoms with van der Waals surface area (Å²) in [6.07, 6.45) is 0. The first-order chi connectivity index (χ1) is 9.69. The van der Waals surface area contributed by atoms with Crippen molar-refractivity contribution in [2.24, 2.45) is 0 Å². The van der Waals surface area contributed by atoms with Gasteiger partial charge in [-0.05, 0) is 12.1 Å². The van der Waals surface area contributed by atoms with E-state index in [0.29, 0.717) is 17.2 Å². The third-order valence-electron chi connectivity index (χ3n) is 2.56. The molecule has 0 aliphatic rings. The van der Waals surface area contributed by atoms with Crippen molar-refractivity contribution in [3.05, 3.63) is 46.4 Å². The van der Waals surface area contributed by atoms with Crippen molar-refractivity contribution >= 4 is 5.91 Å². The highest BCUT2D eigenvalue weighted by Gasteiger charge is 2.07. The molecule has 0 aliphatic carbocycles. The van der Waals surface area contributed by atoms with Gasteiger partial charge in [-0.3, -0.25) is 14.7 Å². The molecule has 1 aromatic heterocycles. The molecule has 106 valence electrons. The van der Waals surface area contributed by atoms with E-state index in [0.717, 1.165) is 0 Å². The zero-order valence-corrected chi connectivity index (χ0v) is 10.9. The number of amides is 1. The van der Waals surface area contributed by atoms with Crippen molar-refractivity contribution in [3.63, 3.8) is 0 Å². The standard InChI is InChI=1S/C13H15N3O4/c1-19-10-4-2-3-5-11(10)20-8-13(18)14-7-9-6-12(17)16-15-9/h2-6H,7-8H2,1H3,(H,14,18)(H2,15,16,17). The van der Waals surface area contributed by atoms with Gasteiger partial charge in [-0.1, -0.05) is 12.1 Å². The number of H-pyrrole nitrogens is 2. The molecule has 0 bridgehead atoms. The zero-order valence-electron chi connectivity index (χ0n) is 10.9. The average Bonchev–Trinajstić information content (AvgIpc) is 2.89. The Bertz CT molecular complexity index is 632. The Morgan fingerprint density at radius 2 is 2.00 bits per heavy atom. The van der Waals surface area contributed by atoms with Crippen LogP contribution in [-0.4, -0.2) is 29.8 Å². The van der Waals surface area contributed by atoms with Crippen molar-refractivity contribution in [1.29, 1.82) is 0 Å². The maximum absolute atomic E-state index is 11.6. The third-order valence-corrected chi connectivity index (χ3v) is 2.56. The lowest BCUT2D eigenvalue weighted by molar-refractivity contribution is -0.123. The summed E-state index contributed by atoms with van der Waals surface area (Å²) in [5, 5.41) is 7.65. The second-order valence-electron chi connectivity index (χ2n) is 4.00. The Hall–Kier alpha value is -2.70. The summed E-state index contributed by atoms with van der Waals surface area (Å²) in [4.78, 5) is 22.5. The van der Waals surface area contributed by atoms with Crippen molar-refractivity contribution in [3.8, 4) is 11.5 Å². The first-order valence-electron chi connectivity index (χ1n) is 5.98. The molecule has 20 heavy (non-hydrogen) atoms. The summed E-state index contributed by atoms with van der Waals surface area (Å²) in [5.74, 6) is 0.772. The van der Waals surface area contributed by atoms with Crippen LogP contribution in [0.15, 0.2) is 35.1 Å². The number of hydrogen-bond donors (Lipinski definition) is 3. The number of methoxy groups -OCH3 is 1. The summed E-state index contributed by atoms with van der Waals surface area (Å²) >= 11 is 0. The molecule has 0 fully saturated rings. The quantitative estimate of drug-likeness (QED) is 0.712. The fraction of sp³-hybridized carbons (Fsp3) is 0.231. The van der Waals surface area contributed by atoms with E-state index >= 15 is 0 Å². The van der Waals surface area contributed by atoms with Gasteiger partial charge in [0.2, 0.25) is 0 Å². The maximum atomic E-state index is 11.6. The SMILES string of the molecule is COc1ccccc1OCC(=O)NCc1cc(=O)[nH][nH]1. The monoisotopic (exact) mass is 277 g/mol. The molecule has 1 aromatic carbocycles. The van der Waals surface area contributed by atoms with Crippen molar-refractivity contribution in [2.75, 3.05) is 13.7 Å². The number of carbonyl (C=O) groups is 1. The first-order valence-corrected chi connectivity index (χ1v) is 5.98. The van der Waals surface area contributed by atoms with Crippen molar-refractivity contribution in [2.45, 2.75) is 6.54 Å². The molecule has 2 rings (SSSR count). The molecule has 7 heteroatoms. The van der Waals surface area contributed by atoms with Crippen LogP contribution in [0.4, 0.5) is 0 Å².